The van der Waals surface area contributed by atoms with Gasteiger partial charge in [0.1, 0.15) is 0 Å². The average Bonchev–Trinajstić information content (AvgIpc) is 3.23. The maximum Gasteiger partial charge on any atom is 0.335 e. The first-order valence-corrected chi connectivity index (χ1v) is 23.0. The Morgan fingerprint density at radius 1 is 0.467 bits per heavy atom. The lowest BCUT2D eigenvalue weighted by Crippen LogP contribution is -2.28. The monoisotopic (exact) mass is 843 g/mol. The van der Waals surface area contributed by atoms with Crippen LogP contribution in [0.3, 0.4) is 0 Å². The van der Waals surface area contributed by atoms with E-state index in [0.717, 1.165) is 95.3 Å². The number of ether oxygens (including phenoxy) is 6. The van der Waals surface area contributed by atoms with Gasteiger partial charge in [-0.2, -0.15) is 0 Å². The number of carbonyl (C=O) groups is 4. The van der Waals surface area contributed by atoms with Gasteiger partial charge in [0.05, 0.1) is 5.56 Å². The van der Waals surface area contributed by atoms with E-state index in [-0.39, 0.29) is 22.8 Å². The molecule has 0 aliphatic heterocycles. The molecule has 3 unspecified atom stereocenters. The van der Waals surface area contributed by atoms with E-state index < -0.39 is 42.7 Å². The summed E-state index contributed by atoms with van der Waals surface area (Å²) < 4.78 is 36.0. The summed E-state index contributed by atoms with van der Waals surface area (Å²) in [6.07, 6.45) is 25.7. The maximum absolute atomic E-state index is 12.6. The number of carbonyl (C=O) groups excluding carboxylic acids is 3. The molecule has 1 aromatic carbocycles. The summed E-state index contributed by atoms with van der Waals surface area (Å²) in [7, 11) is 0. The Hall–Kier alpha value is -4.28. The first kappa shape index (κ1) is 53.7. The molecular weight excluding hydrogens is 765 g/mol. The fourth-order valence-corrected chi connectivity index (χ4v) is 6.70. The second-order valence-electron chi connectivity index (χ2n) is 15.5. The lowest BCUT2D eigenvalue weighted by molar-refractivity contribution is -0.163. The van der Waals surface area contributed by atoms with E-state index in [1.54, 1.807) is 0 Å². The van der Waals surface area contributed by atoms with E-state index in [2.05, 4.69) is 40.5 Å². The van der Waals surface area contributed by atoms with Gasteiger partial charge in [0, 0.05) is 37.5 Å². The number of aromatic carboxylic acids is 1. The maximum atomic E-state index is 12.6. The normalized spacial score (nSPS) is 12.4. The predicted molar refractivity (Wildman–Crippen MR) is 237 cm³/mol. The number of esters is 3. The molecular formula is C49H78O11. The lowest BCUT2D eigenvalue weighted by atomic mass is 10.1. The first-order chi connectivity index (χ1) is 29.1. The molecule has 3 atom stereocenters. The Morgan fingerprint density at radius 3 is 1.00 bits per heavy atom. The third kappa shape index (κ3) is 26.0. The molecule has 60 heavy (non-hydrogen) atoms. The van der Waals surface area contributed by atoms with Gasteiger partial charge >= 0.3 is 23.9 Å². The van der Waals surface area contributed by atoms with Crippen molar-refractivity contribution in [3.05, 3.63) is 55.7 Å². The number of carboxylic acids is 1. The summed E-state index contributed by atoms with van der Waals surface area (Å²) in [5, 5.41) is 10.3. The van der Waals surface area contributed by atoms with Crippen molar-refractivity contribution in [3.8, 4) is 17.2 Å². The third-order valence-corrected chi connectivity index (χ3v) is 10.2. The van der Waals surface area contributed by atoms with Gasteiger partial charge in [-0.05, 0) is 31.4 Å². The van der Waals surface area contributed by atoms with Crippen LogP contribution in [0.2, 0.25) is 0 Å². The summed E-state index contributed by atoms with van der Waals surface area (Å²) in [6, 6.07) is 2.50. The van der Waals surface area contributed by atoms with Gasteiger partial charge in [-0.25, -0.2) is 19.2 Å². The van der Waals surface area contributed by atoms with Gasteiger partial charge < -0.3 is 33.5 Å². The molecule has 0 fully saturated rings. The summed E-state index contributed by atoms with van der Waals surface area (Å²) in [5.74, 6) is -3.80. The highest BCUT2D eigenvalue weighted by molar-refractivity contribution is 5.89. The fourth-order valence-electron chi connectivity index (χ4n) is 6.70. The van der Waals surface area contributed by atoms with Crippen LogP contribution >= 0.6 is 0 Å². The van der Waals surface area contributed by atoms with Crippen LogP contribution in [0.15, 0.2) is 50.1 Å². The highest BCUT2D eigenvalue weighted by Gasteiger charge is 2.28. The molecule has 0 saturated heterocycles. The van der Waals surface area contributed by atoms with Crippen LogP contribution in [0.5, 0.6) is 17.2 Å². The van der Waals surface area contributed by atoms with Gasteiger partial charge in [-0.1, -0.05) is 175 Å². The summed E-state index contributed by atoms with van der Waals surface area (Å²) in [5.41, 5.74) is -0.225. The average molecular weight is 843 g/mol. The van der Waals surface area contributed by atoms with Crippen LogP contribution in [0.1, 0.15) is 204 Å². The fraction of sp³-hybridized carbons (Fsp3) is 0.673. The molecule has 0 amide bonds. The number of hydrogen-bond acceptors (Lipinski definition) is 10. The lowest BCUT2D eigenvalue weighted by Gasteiger charge is -2.27. The van der Waals surface area contributed by atoms with Crippen LogP contribution in [0.25, 0.3) is 0 Å². The van der Waals surface area contributed by atoms with Crippen molar-refractivity contribution in [2.45, 2.75) is 213 Å². The number of carboxylic acid groups (broad SMARTS) is 1. The van der Waals surface area contributed by atoms with Gasteiger partial charge in [0.15, 0.2) is 11.5 Å². The molecule has 0 bridgehead atoms. The minimum absolute atomic E-state index is 0.104. The molecule has 11 nitrogen and oxygen atoms in total. The van der Waals surface area contributed by atoms with E-state index in [1.807, 2.05) is 0 Å². The molecule has 1 aromatic rings. The topological polar surface area (TPSA) is 144 Å². The van der Waals surface area contributed by atoms with Crippen molar-refractivity contribution in [2.24, 2.45) is 0 Å². The molecule has 0 spiro atoms. The highest BCUT2D eigenvalue weighted by atomic mass is 16.7. The molecule has 0 radical (unpaired) electrons. The van der Waals surface area contributed by atoms with Crippen LogP contribution in [0, 0.1) is 0 Å². The summed E-state index contributed by atoms with van der Waals surface area (Å²) in [6.45, 7) is 17.1. The molecule has 0 aliphatic carbocycles. The van der Waals surface area contributed by atoms with Gasteiger partial charge in [0.25, 0.3) is 0 Å². The summed E-state index contributed by atoms with van der Waals surface area (Å²) in [4.78, 5) is 50.3. The number of hydrogen-bond donors (Lipinski definition) is 1. The zero-order valence-corrected chi connectivity index (χ0v) is 37.4. The van der Waals surface area contributed by atoms with E-state index in [4.69, 9.17) is 28.4 Å². The van der Waals surface area contributed by atoms with Crippen LogP contribution in [0.4, 0.5) is 0 Å². The third-order valence-electron chi connectivity index (χ3n) is 10.2. The van der Waals surface area contributed by atoms with Crippen molar-refractivity contribution in [1.29, 1.82) is 0 Å². The molecule has 0 heterocycles. The standard InChI is InChI=1S/C49H78O11/c1-7-13-16-19-22-25-28-31-34-45(57-42(50)10-4)55-40-37-39(49(53)54)38-41(56-46(58-43(51)11-5)35-32-29-26-23-20-17-14-8-2)48(40)60-47(59-44(52)12-6)36-33-30-27-24-21-18-15-9-3/h10-12,37-38,45-47H,4-9,13-36H2,1-3H3,(H,53,54). The second-order valence-corrected chi connectivity index (χ2v) is 15.5. The van der Waals surface area contributed by atoms with E-state index in [9.17, 15) is 24.3 Å². The Bertz CT molecular complexity index is 1300. The Morgan fingerprint density at radius 2 is 0.733 bits per heavy atom. The smallest absolute Gasteiger partial charge is 0.335 e. The van der Waals surface area contributed by atoms with E-state index in [1.165, 1.54) is 69.9 Å². The molecule has 0 aromatic heterocycles. The van der Waals surface area contributed by atoms with Gasteiger partial charge in [0.2, 0.25) is 24.6 Å². The second kappa shape index (κ2) is 35.5. The quantitative estimate of drug-likeness (QED) is 0.0222. The van der Waals surface area contributed by atoms with Crippen molar-refractivity contribution < 1.29 is 52.7 Å². The Labute approximate surface area is 361 Å². The molecule has 0 saturated carbocycles. The van der Waals surface area contributed by atoms with Crippen molar-refractivity contribution >= 4 is 23.9 Å². The van der Waals surface area contributed by atoms with Gasteiger partial charge in [-0.15, -0.1) is 0 Å². The predicted octanol–water partition coefficient (Wildman–Crippen LogP) is 13.3. The molecule has 1 N–H and O–H groups in total. The highest BCUT2D eigenvalue weighted by Crippen LogP contribution is 2.42. The zero-order chi connectivity index (χ0) is 44.2. The molecule has 11 heteroatoms. The Balaban J connectivity index is 3.60. The minimum Gasteiger partial charge on any atom is -0.478 e. The molecule has 340 valence electrons. The number of unbranched alkanes of at least 4 members (excludes halogenated alkanes) is 21. The summed E-state index contributed by atoms with van der Waals surface area (Å²) >= 11 is 0. The molecule has 0 aliphatic rings. The Kier molecular flexibility index (Phi) is 31.8. The van der Waals surface area contributed by atoms with Gasteiger partial charge in [-0.3, -0.25) is 0 Å². The van der Waals surface area contributed by atoms with E-state index in [0.29, 0.717) is 38.5 Å². The van der Waals surface area contributed by atoms with Crippen LogP contribution < -0.4 is 14.2 Å². The number of rotatable bonds is 40. The minimum atomic E-state index is -1.30. The first-order valence-electron chi connectivity index (χ1n) is 23.0. The number of benzene rings is 1. The van der Waals surface area contributed by atoms with Crippen molar-refractivity contribution in [2.75, 3.05) is 0 Å². The van der Waals surface area contributed by atoms with Crippen molar-refractivity contribution in [3.63, 3.8) is 0 Å². The van der Waals surface area contributed by atoms with Crippen molar-refractivity contribution in [1.82, 2.24) is 0 Å². The largest absolute Gasteiger partial charge is 0.478 e. The van der Waals surface area contributed by atoms with Crippen LogP contribution in [-0.2, 0) is 28.6 Å². The van der Waals surface area contributed by atoms with Crippen LogP contribution in [-0.4, -0.2) is 47.9 Å². The zero-order valence-electron chi connectivity index (χ0n) is 37.4. The van der Waals surface area contributed by atoms with E-state index >= 15 is 0 Å². The SMILES string of the molecule is C=CC(=O)OC(CCCCCCCCCC)Oc1cc(C(=O)O)cc(OC(CCCCCCCCCC)OC(=O)C=C)c1OC(CCCCCCCCCC)OC(=O)C=C. The molecule has 1 rings (SSSR count).